The smallest absolute Gasteiger partial charge is 0.272 e. The highest BCUT2D eigenvalue weighted by atomic mass is 16.2. The van der Waals surface area contributed by atoms with E-state index in [1.54, 1.807) is 6.20 Å². The molecule has 1 aromatic heterocycles. The Morgan fingerprint density at radius 1 is 1.56 bits per heavy atom. The van der Waals surface area contributed by atoms with Gasteiger partial charge in [-0.3, -0.25) is 9.78 Å². The van der Waals surface area contributed by atoms with Gasteiger partial charge >= 0.3 is 0 Å². The molecular weight excluding hydrogens is 226 g/mol. The average molecular weight is 247 g/mol. The summed E-state index contributed by atoms with van der Waals surface area (Å²) in [4.78, 5) is 18.6. The monoisotopic (exact) mass is 247 g/mol. The van der Waals surface area contributed by atoms with Gasteiger partial charge in [-0.1, -0.05) is 13.3 Å². The Hall–Kier alpha value is -1.58. The van der Waals surface area contributed by atoms with Gasteiger partial charge in [0, 0.05) is 31.5 Å². The van der Waals surface area contributed by atoms with Gasteiger partial charge < -0.3 is 10.2 Å². The fourth-order valence-electron chi connectivity index (χ4n) is 2.01. The highest BCUT2D eigenvalue weighted by Crippen LogP contribution is 2.28. The van der Waals surface area contributed by atoms with Crippen molar-refractivity contribution in [3.63, 3.8) is 0 Å². The maximum atomic E-state index is 12.4. The first-order chi connectivity index (χ1) is 8.76. The third-order valence-corrected chi connectivity index (χ3v) is 3.27. The molecule has 4 nitrogen and oxygen atoms in total. The molecular formula is C14H21N3O. The fraction of sp³-hybridized carbons (Fsp3) is 0.571. The number of carbonyl (C=O) groups excluding carboxylic acids is 1. The molecule has 0 atom stereocenters. The molecule has 0 bridgehead atoms. The first kappa shape index (κ1) is 12.9. The molecule has 1 aromatic rings. The van der Waals surface area contributed by atoms with E-state index in [1.807, 2.05) is 24.1 Å². The number of hydrogen-bond acceptors (Lipinski definition) is 3. The number of nitrogens with zero attached hydrogens (tertiary/aromatic N) is 2. The Bertz CT molecular complexity index is 415. The van der Waals surface area contributed by atoms with Crippen molar-refractivity contribution in [3.8, 4) is 0 Å². The molecule has 1 aliphatic rings. The standard InChI is InChI=1S/C14H21N3O/c1-3-4-9-17(12-5-6-12)14(18)13-10-11(15-2)7-8-16-13/h7-8,10,12H,3-6,9H2,1-2H3,(H,15,16). The molecule has 0 unspecified atom stereocenters. The second-order valence-electron chi connectivity index (χ2n) is 4.76. The van der Waals surface area contributed by atoms with Crippen molar-refractivity contribution in [1.82, 2.24) is 9.88 Å². The Balaban J connectivity index is 2.11. The molecule has 0 radical (unpaired) electrons. The lowest BCUT2D eigenvalue weighted by Gasteiger charge is -2.21. The molecule has 1 aliphatic carbocycles. The molecule has 0 aliphatic heterocycles. The Morgan fingerprint density at radius 3 is 2.94 bits per heavy atom. The van der Waals surface area contributed by atoms with E-state index in [1.165, 1.54) is 0 Å². The van der Waals surface area contributed by atoms with E-state index in [-0.39, 0.29) is 5.91 Å². The summed E-state index contributed by atoms with van der Waals surface area (Å²) in [7, 11) is 1.85. The predicted octanol–water partition coefficient (Wildman–Crippen LogP) is 2.53. The zero-order chi connectivity index (χ0) is 13.0. The summed E-state index contributed by atoms with van der Waals surface area (Å²) in [6.45, 7) is 3.00. The number of nitrogens with one attached hydrogen (secondary N) is 1. The third kappa shape index (κ3) is 3.00. The minimum atomic E-state index is 0.0723. The molecule has 1 fully saturated rings. The minimum Gasteiger partial charge on any atom is -0.388 e. The van der Waals surface area contributed by atoms with Crippen molar-refractivity contribution >= 4 is 11.6 Å². The van der Waals surface area contributed by atoms with Crippen LogP contribution in [-0.2, 0) is 0 Å². The fourth-order valence-corrected chi connectivity index (χ4v) is 2.01. The maximum Gasteiger partial charge on any atom is 0.272 e. The van der Waals surface area contributed by atoms with E-state index in [0.29, 0.717) is 11.7 Å². The third-order valence-electron chi connectivity index (χ3n) is 3.27. The first-order valence-corrected chi connectivity index (χ1v) is 6.71. The predicted molar refractivity (Wildman–Crippen MR) is 72.8 cm³/mol. The molecule has 4 heteroatoms. The van der Waals surface area contributed by atoms with Crippen LogP contribution in [0.3, 0.4) is 0 Å². The molecule has 1 saturated carbocycles. The number of amides is 1. The zero-order valence-corrected chi connectivity index (χ0v) is 11.1. The van der Waals surface area contributed by atoms with E-state index < -0.39 is 0 Å². The lowest BCUT2D eigenvalue weighted by molar-refractivity contribution is 0.0735. The molecule has 0 saturated heterocycles. The van der Waals surface area contributed by atoms with E-state index in [0.717, 1.165) is 37.9 Å². The number of unbranched alkanes of at least 4 members (excludes halogenated alkanes) is 1. The summed E-state index contributed by atoms with van der Waals surface area (Å²) >= 11 is 0. The summed E-state index contributed by atoms with van der Waals surface area (Å²) in [6.07, 6.45) is 6.14. The van der Waals surface area contributed by atoms with E-state index >= 15 is 0 Å². The summed E-state index contributed by atoms with van der Waals surface area (Å²) in [5.41, 5.74) is 1.48. The van der Waals surface area contributed by atoms with Crippen molar-refractivity contribution in [2.75, 3.05) is 18.9 Å². The van der Waals surface area contributed by atoms with Gasteiger partial charge in [-0.15, -0.1) is 0 Å². The van der Waals surface area contributed by atoms with Crippen LogP contribution in [0.2, 0.25) is 0 Å². The van der Waals surface area contributed by atoms with Gasteiger partial charge in [0.1, 0.15) is 5.69 Å². The summed E-state index contributed by atoms with van der Waals surface area (Å²) in [6, 6.07) is 4.14. The van der Waals surface area contributed by atoms with E-state index in [2.05, 4.69) is 17.2 Å². The van der Waals surface area contributed by atoms with Gasteiger partial charge in [-0.05, 0) is 31.4 Å². The van der Waals surface area contributed by atoms with Crippen LogP contribution in [-0.4, -0.2) is 35.4 Å². The van der Waals surface area contributed by atoms with Crippen molar-refractivity contribution in [2.45, 2.75) is 38.6 Å². The normalized spacial score (nSPS) is 14.3. The number of hydrogen-bond donors (Lipinski definition) is 1. The second-order valence-corrected chi connectivity index (χ2v) is 4.76. The Kier molecular flexibility index (Phi) is 4.18. The minimum absolute atomic E-state index is 0.0723. The van der Waals surface area contributed by atoms with Crippen molar-refractivity contribution < 1.29 is 4.79 Å². The largest absolute Gasteiger partial charge is 0.388 e. The Morgan fingerprint density at radius 2 is 2.33 bits per heavy atom. The van der Waals surface area contributed by atoms with Gasteiger partial charge in [-0.2, -0.15) is 0 Å². The van der Waals surface area contributed by atoms with Gasteiger partial charge in [0.05, 0.1) is 0 Å². The van der Waals surface area contributed by atoms with Crippen LogP contribution >= 0.6 is 0 Å². The molecule has 1 N–H and O–H groups in total. The SMILES string of the molecule is CCCCN(C(=O)c1cc(NC)ccn1)C1CC1. The van der Waals surface area contributed by atoms with Crippen molar-refractivity contribution in [1.29, 1.82) is 0 Å². The molecule has 1 amide bonds. The van der Waals surface area contributed by atoms with Crippen LogP contribution in [0.4, 0.5) is 5.69 Å². The van der Waals surface area contributed by atoms with Crippen LogP contribution in [0.15, 0.2) is 18.3 Å². The van der Waals surface area contributed by atoms with Crippen LogP contribution < -0.4 is 5.32 Å². The highest BCUT2D eigenvalue weighted by molar-refractivity contribution is 5.93. The van der Waals surface area contributed by atoms with Gasteiger partial charge in [0.25, 0.3) is 5.91 Å². The molecule has 0 aromatic carbocycles. The topological polar surface area (TPSA) is 45.2 Å². The Labute approximate surface area is 108 Å². The number of carbonyl (C=O) groups is 1. The second kappa shape index (κ2) is 5.85. The number of rotatable bonds is 6. The van der Waals surface area contributed by atoms with Gasteiger partial charge in [0.15, 0.2) is 0 Å². The number of aromatic nitrogens is 1. The average Bonchev–Trinajstić information content (AvgIpc) is 3.23. The lowest BCUT2D eigenvalue weighted by atomic mass is 10.2. The summed E-state index contributed by atoms with van der Waals surface area (Å²) in [5, 5.41) is 3.04. The van der Waals surface area contributed by atoms with E-state index in [4.69, 9.17) is 0 Å². The highest BCUT2D eigenvalue weighted by Gasteiger charge is 2.33. The molecule has 18 heavy (non-hydrogen) atoms. The molecule has 0 spiro atoms. The lowest BCUT2D eigenvalue weighted by Crippen LogP contribution is -2.34. The van der Waals surface area contributed by atoms with Crippen molar-refractivity contribution in [2.24, 2.45) is 0 Å². The van der Waals surface area contributed by atoms with Gasteiger partial charge in [0.2, 0.25) is 0 Å². The number of anilines is 1. The summed E-state index contributed by atoms with van der Waals surface area (Å²) in [5.74, 6) is 0.0723. The molecule has 2 rings (SSSR count). The van der Waals surface area contributed by atoms with Crippen LogP contribution in [0.1, 0.15) is 43.1 Å². The van der Waals surface area contributed by atoms with Crippen LogP contribution in [0.5, 0.6) is 0 Å². The van der Waals surface area contributed by atoms with Crippen molar-refractivity contribution in [3.05, 3.63) is 24.0 Å². The zero-order valence-electron chi connectivity index (χ0n) is 11.1. The first-order valence-electron chi connectivity index (χ1n) is 6.71. The van der Waals surface area contributed by atoms with Crippen LogP contribution in [0.25, 0.3) is 0 Å². The maximum absolute atomic E-state index is 12.4. The molecule has 1 heterocycles. The van der Waals surface area contributed by atoms with Crippen LogP contribution in [0, 0.1) is 0 Å². The quantitative estimate of drug-likeness (QED) is 0.840. The number of pyridine rings is 1. The molecule has 98 valence electrons. The van der Waals surface area contributed by atoms with E-state index in [9.17, 15) is 4.79 Å². The van der Waals surface area contributed by atoms with Gasteiger partial charge in [-0.25, -0.2) is 0 Å². The summed E-state index contributed by atoms with van der Waals surface area (Å²) < 4.78 is 0.